The van der Waals surface area contributed by atoms with Crippen molar-refractivity contribution in [2.75, 3.05) is 0 Å². The minimum absolute atomic E-state index is 1.11. The molecule has 1 heterocycles. The van der Waals surface area contributed by atoms with E-state index in [-0.39, 0.29) is 0 Å². The molecule has 0 N–H and O–H groups in total. The highest BCUT2D eigenvalue weighted by molar-refractivity contribution is 5.24. The highest BCUT2D eigenvalue weighted by Crippen LogP contribution is 2.18. The molecule has 0 fully saturated rings. The first-order chi connectivity index (χ1) is 13.2. The SMILES string of the molecule is CCCCCCCCCCc1c(C)nn(CCCCCCCCCC)c1C. The summed E-state index contributed by atoms with van der Waals surface area (Å²) in [4.78, 5) is 0. The van der Waals surface area contributed by atoms with Gasteiger partial charge in [0.05, 0.1) is 5.69 Å². The van der Waals surface area contributed by atoms with Gasteiger partial charge in [-0.2, -0.15) is 5.10 Å². The zero-order chi connectivity index (χ0) is 19.7. The molecule has 0 aliphatic carbocycles. The third kappa shape index (κ3) is 11.0. The van der Waals surface area contributed by atoms with E-state index in [0.717, 1.165) is 6.54 Å². The Balaban J connectivity index is 2.16. The van der Waals surface area contributed by atoms with Crippen LogP contribution >= 0.6 is 0 Å². The molecule has 2 heteroatoms. The van der Waals surface area contributed by atoms with Gasteiger partial charge in [-0.25, -0.2) is 0 Å². The van der Waals surface area contributed by atoms with Crippen LogP contribution in [0.5, 0.6) is 0 Å². The number of unbranched alkanes of at least 4 members (excludes halogenated alkanes) is 14. The Bertz CT molecular complexity index is 461. The van der Waals surface area contributed by atoms with Gasteiger partial charge in [0.1, 0.15) is 0 Å². The Morgan fingerprint density at radius 3 is 1.56 bits per heavy atom. The molecule has 0 saturated heterocycles. The van der Waals surface area contributed by atoms with E-state index >= 15 is 0 Å². The van der Waals surface area contributed by atoms with E-state index in [1.165, 1.54) is 126 Å². The first kappa shape index (κ1) is 24.2. The fourth-order valence-corrected chi connectivity index (χ4v) is 4.14. The molecule has 0 atom stereocenters. The summed E-state index contributed by atoms with van der Waals surface area (Å²) in [5, 5.41) is 4.83. The van der Waals surface area contributed by atoms with Crippen molar-refractivity contribution in [2.24, 2.45) is 0 Å². The normalized spacial score (nSPS) is 11.4. The maximum atomic E-state index is 4.83. The molecule has 1 rings (SSSR count). The molecule has 0 radical (unpaired) electrons. The third-order valence-electron chi connectivity index (χ3n) is 6.04. The maximum Gasteiger partial charge on any atom is 0.0628 e. The molecular formula is C25H48N2. The van der Waals surface area contributed by atoms with Crippen LogP contribution in [0.3, 0.4) is 0 Å². The lowest BCUT2D eigenvalue weighted by molar-refractivity contribution is 0.511. The third-order valence-corrected chi connectivity index (χ3v) is 6.04. The van der Waals surface area contributed by atoms with Gasteiger partial charge in [-0.15, -0.1) is 0 Å². The van der Waals surface area contributed by atoms with Crippen LogP contribution in [0.2, 0.25) is 0 Å². The summed E-state index contributed by atoms with van der Waals surface area (Å²) in [6, 6.07) is 0. The zero-order valence-corrected chi connectivity index (χ0v) is 19.1. The number of hydrogen-bond donors (Lipinski definition) is 0. The van der Waals surface area contributed by atoms with Crippen molar-refractivity contribution in [2.45, 2.75) is 143 Å². The molecule has 0 spiro atoms. The Kier molecular flexibility index (Phi) is 14.5. The molecule has 0 aliphatic heterocycles. The molecule has 0 unspecified atom stereocenters. The van der Waals surface area contributed by atoms with E-state index in [1.54, 1.807) is 0 Å². The summed E-state index contributed by atoms with van der Waals surface area (Å²) >= 11 is 0. The van der Waals surface area contributed by atoms with Crippen molar-refractivity contribution in [3.8, 4) is 0 Å². The predicted octanol–water partition coefficient (Wildman–Crippen LogP) is 8.32. The molecule has 0 saturated carbocycles. The summed E-state index contributed by atoms with van der Waals surface area (Å²) in [5.74, 6) is 0. The van der Waals surface area contributed by atoms with Crippen molar-refractivity contribution in [3.05, 3.63) is 17.0 Å². The quantitative estimate of drug-likeness (QED) is 0.235. The van der Waals surface area contributed by atoms with Crippen LogP contribution < -0.4 is 0 Å². The van der Waals surface area contributed by atoms with Crippen molar-refractivity contribution in [1.82, 2.24) is 9.78 Å². The molecule has 0 aromatic carbocycles. The average Bonchev–Trinajstić information content (AvgIpc) is 2.93. The number of aromatic nitrogens is 2. The first-order valence-corrected chi connectivity index (χ1v) is 12.2. The molecule has 0 amide bonds. The lowest BCUT2D eigenvalue weighted by Gasteiger charge is -2.06. The summed E-state index contributed by atoms with van der Waals surface area (Å²) < 4.78 is 2.28. The minimum atomic E-state index is 1.11. The second kappa shape index (κ2) is 16.2. The van der Waals surface area contributed by atoms with E-state index in [0.29, 0.717) is 0 Å². The smallest absolute Gasteiger partial charge is 0.0628 e. The molecule has 0 aliphatic rings. The van der Waals surface area contributed by atoms with Crippen molar-refractivity contribution >= 4 is 0 Å². The van der Waals surface area contributed by atoms with Crippen LogP contribution in [0.1, 0.15) is 134 Å². The second-order valence-corrected chi connectivity index (χ2v) is 8.57. The lowest BCUT2D eigenvalue weighted by Crippen LogP contribution is -2.03. The Morgan fingerprint density at radius 2 is 1.04 bits per heavy atom. The Labute approximate surface area is 170 Å². The van der Waals surface area contributed by atoms with Gasteiger partial charge in [0, 0.05) is 12.2 Å². The maximum absolute atomic E-state index is 4.83. The van der Waals surface area contributed by atoms with Crippen molar-refractivity contribution in [1.29, 1.82) is 0 Å². The van der Waals surface area contributed by atoms with Crippen LogP contribution in [0, 0.1) is 13.8 Å². The molecule has 1 aromatic heterocycles. The molecule has 1 aromatic rings. The molecule has 158 valence electrons. The summed E-state index contributed by atoms with van der Waals surface area (Å²) in [7, 11) is 0. The standard InChI is InChI=1S/C25H48N2/c1-5-7-9-11-13-15-17-19-21-25-23(3)26-27(24(25)4)22-20-18-16-14-12-10-8-6-2/h5-22H2,1-4H3. The van der Waals surface area contributed by atoms with Crippen molar-refractivity contribution < 1.29 is 0 Å². The van der Waals surface area contributed by atoms with Crippen LogP contribution in [0.15, 0.2) is 0 Å². The summed E-state index contributed by atoms with van der Waals surface area (Å²) in [6.07, 6.45) is 23.5. The zero-order valence-electron chi connectivity index (χ0n) is 19.1. The van der Waals surface area contributed by atoms with Crippen LogP contribution in [0.25, 0.3) is 0 Å². The van der Waals surface area contributed by atoms with Gasteiger partial charge >= 0.3 is 0 Å². The fraction of sp³-hybridized carbons (Fsp3) is 0.880. The average molecular weight is 377 g/mol. The van der Waals surface area contributed by atoms with Crippen molar-refractivity contribution in [3.63, 3.8) is 0 Å². The Hall–Kier alpha value is -0.790. The van der Waals surface area contributed by atoms with E-state index < -0.39 is 0 Å². The van der Waals surface area contributed by atoms with Gasteiger partial charge in [-0.3, -0.25) is 4.68 Å². The first-order valence-electron chi connectivity index (χ1n) is 12.2. The van der Waals surface area contributed by atoms with Gasteiger partial charge in [-0.1, -0.05) is 104 Å². The van der Waals surface area contributed by atoms with Crippen LogP contribution in [-0.4, -0.2) is 9.78 Å². The predicted molar refractivity (Wildman–Crippen MR) is 121 cm³/mol. The highest BCUT2D eigenvalue weighted by atomic mass is 15.3. The van der Waals surface area contributed by atoms with E-state index in [2.05, 4.69) is 32.4 Å². The van der Waals surface area contributed by atoms with Gasteiger partial charge in [0.25, 0.3) is 0 Å². The number of aryl methyl sites for hydroxylation is 2. The van der Waals surface area contributed by atoms with Crippen LogP contribution in [0.4, 0.5) is 0 Å². The van der Waals surface area contributed by atoms with Gasteiger partial charge in [0.15, 0.2) is 0 Å². The molecule has 0 bridgehead atoms. The summed E-state index contributed by atoms with van der Waals surface area (Å²) in [5.41, 5.74) is 4.23. The number of hydrogen-bond acceptors (Lipinski definition) is 1. The topological polar surface area (TPSA) is 17.8 Å². The lowest BCUT2D eigenvalue weighted by atomic mass is 10.0. The van der Waals surface area contributed by atoms with E-state index in [9.17, 15) is 0 Å². The van der Waals surface area contributed by atoms with Gasteiger partial charge in [0.2, 0.25) is 0 Å². The van der Waals surface area contributed by atoms with E-state index in [1.807, 2.05) is 0 Å². The summed E-state index contributed by atoms with van der Waals surface area (Å²) in [6.45, 7) is 10.2. The number of nitrogens with zero attached hydrogens (tertiary/aromatic N) is 2. The molecular weight excluding hydrogens is 328 g/mol. The highest BCUT2D eigenvalue weighted by Gasteiger charge is 2.10. The number of rotatable bonds is 18. The Morgan fingerprint density at radius 1 is 0.593 bits per heavy atom. The monoisotopic (exact) mass is 376 g/mol. The second-order valence-electron chi connectivity index (χ2n) is 8.57. The van der Waals surface area contributed by atoms with Crippen LogP contribution in [-0.2, 0) is 13.0 Å². The molecule has 2 nitrogen and oxygen atoms in total. The van der Waals surface area contributed by atoms with E-state index in [4.69, 9.17) is 5.10 Å². The fourth-order valence-electron chi connectivity index (χ4n) is 4.14. The molecule has 27 heavy (non-hydrogen) atoms. The largest absolute Gasteiger partial charge is 0.269 e. The van der Waals surface area contributed by atoms with Gasteiger partial charge < -0.3 is 0 Å². The minimum Gasteiger partial charge on any atom is -0.269 e. The van der Waals surface area contributed by atoms with Gasteiger partial charge in [-0.05, 0) is 38.7 Å².